The molecule has 1 aromatic carbocycles. The molecule has 104 valence electrons. The molecule has 1 amide bonds. The van der Waals surface area contributed by atoms with Crippen LogP contribution in [0.4, 0.5) is 0 Å². The van der Waals surface area contributed by atoms with Crippen LogP contribution in [0, 0.1) is 5.41 Å². The highest BCUT2D eigenvalue weighted by Crippen LogP contribution is 2.24. The van der Waals surface area contributed by atoms with Crippen molar-refractivity contribution in [2.24, 2.45) is 11.1 Å². The largest absolute Gasteiger partial charge is 0.491 e. The maximum Gasteiger partial charge on any atom is 0.257 e. The fourth-order valence-electron chi connectivity index (χ4n) is 1.99. The molecule has 1 aliphatic heterocycles. The summed E-state index contributed by atoms with van der Waals surface area (Å²) in [4.78, 5) is 14.3. The molecule has 1 atom stereocenters. The lowest BCUT2D eigenvalue weighted by atomic mass is 9.87. The zero-order chi connectivity index (χ0) is 14.0. The first-order valence-electron chi connectivity index (χ1n) is 6.66. The molecule has 1 unspecified atom stereocenters. The Morgan fingerprint density at radius 3 is 2.74 bits per heavy atom. The molecule has 2 rings (SSSR count). The molecule has 0 saturated carbocycles. The van der Waals surface area contributed by atoms with Crippen LogP contribution in [0.3, 0.4) is 0 Å². The number of para-hydroxylation sites is 1. The van der Waals surface area contributed by atoms with Gasteiger partial charge in [0.25, 0.3) is 5.91 Å². The van der Waals surface area contributed by atoms with Crippen LogP contribution in [0.1, 0.15) is 31.1 Å². The maximum atomic E-state index is 12.5. The molecule has 1 heterocycles. The Labute approximate surface area is 114 Å². The standard InChI is InChI=1S/C15H22N2O2/c1-15(2,3)13(16)10-17-8-9-19-12-7-5-4-6-11(12)14(17)18/h4-7,13H,8-10,16H2,1-3H3. The van der Waals surface area contributed by atoms with E-state index in [4.69, 9.17) is 10.5 Å². The highest BCUT2D eigenvalue weighted by atomic mass is 16.5. The third kappa shape index (κ3) is 3.07. The van der Waals surface area contributed by atoms with Gasteiger partial charge >= 0.3 is 0 Å². The predicted octanol–water partition coefficient (Wildman–Crippen LogP) is 1.89. The molecule has 0 spiro atoms. The number of carbonyl (C=O) groups is 1. The summed E-state index contributed by atoms with van der Waals surface area (Å²) >= 11 is 0. The molecule has 0 aliphatic carbocycles. The van der Waals surface area contributed by atoms with Crippen LogP contribution in [-0.4, -0.2) is 36.5 Å². The van der Waals surface area contributed by atoms with Gasteiger partial charge in [0, 0.05) is 12.6 Å². The highest BCUT2D eigenvalue weighted by Gasteiger charge is 2.28. The molecule has 0 fully saturated rings. The number of hydrogen-bond donors (Lipinski definition) is 1. The van der Waals surface area contributed by atoms with Crippen LogP contribution in [-0.2, 0) is 0 Å². The Kier molecular flexibility index (Phi) is 3.80. The maximum absolute atomic E-state index is 12.5. The van der Waals surface area contributed by atoms with Crippen LogP contribution in [0.5, 0.6) is 5.75 Å². The second-order valence-corrected chi connectivity index (χ2v) is 6.07. The topological polar surface area (TPSA) is 55.6 Å². The molecule has 0 radical (unpaired) electrons. The van der Waals surface area contributed by atoms with Crippen molar-refractivity contribution in [2.45, 2.75) is 26.8 Å². The minimum absolute atomic E-state index is 0.00722. The Bertz CT molecular complexity index is 465. The fourth-order valence-corrected chi connectivity index (χ4v) is 1.99. The van der Waals surface area contributed by atoms with Gasteiger partial charge in [-0.1, -0.05) is 32.9 Å². The molecule has 0 saturated heterocycles. The molecule has 1 aromatic rings. The lowest BCUT2D eigenvalue weighted by Gasteiger charge is -2.32. The average Bonchev–Trinajstić information content (AvgIpc) is 2.50. The Morgan fingerprint density at radius 1 is 1.37 bits per heavy atom. The van der Waals surface area contributed by atoms with Gasteiger partial charge in [0.05, 0.1) is 12.1 Å². The van der Waals surface area contributed by atoms with Crippen LogP contribution in [0.15, 0.2) is 24.3 Å². The highest BCUT2D eigenvalue weighted by molar-refractivity contribution is 5.97. The molecule has 2 N–H and O–H groups in total. The van der Waals surface area contributed by atoms with Gasteiger partial charge in [-0.05, 0) is 17.5 Å². The van der Waals surface area contributed by atoms with Crippen molar-refractivity contribution in [1.82, 2.24) is 4.90 Å². The second kappa shape index (κ2) is 5.21. The number of ether oxygens (including phenoxy) is 1. The summed E-state index contributed by atoms with van der Waals surface area (Å²) in [5.74, 6) is 0.673. The van der Waals surface area contributed by atoms with Crippen molar-refractivity contribution in [3.63, 3.8) is 0 Å². The number of amides is 1. The minimum Gasteiger partial charge on any atom is -0.491 e. The number of nitrogens with zero attached hydrogens (tertiary/aromatic N) is 1. The number of rotatable bonds is 2. The lowest BCUT2D eigenvalue weighted by Crippen LogP contribution is -2.47. The summed E-state index contributed by atoms with van der Waals surface area (Å²) in [5, 5.41) is 0. The quantitative estimate of drug-likeness (QED) is 0.885. The van der Waals surface area contributed by atoms with Crippen molar-refractivity contribution in [3.05, 3.63) is 29.8 Å². The Morgan fingerprint density at radius 2 is 2.05 bits per heavy atom. The van der Waals surface area contributed by atoms with Crippen molar-refractivity contribution < 1.29 is 9.53 Å². The number of nitrogens with two attached hydrogens (primary N) is 1. The SMILES string of the molecule is CC(C)(C)C(N)CN1CCOc2ccccc2C1=O. The zero-order valence-corrected chi connectivity index (χ0v) is 11.8. The Balaban J connectivity index is 2.18. The third-order valence-electron chi connectivity index (χ3n) is 3.55. The normalized spacial score (nSPS) is 17.5. The first-order valence-corrected chi connectivity index (χ1v) is 6.66. The van der Waals surface area contributed by atoms with Crippen LogP contribution in [0.25, 0.3) is 0 Å². The van der Waals surface area contributed by atoms with Gasteiger partial charge in [-0.15, -0.1) is 0 Å². The van der Waals surface area contributed by atoms with E-state index in [9.17, 15) is 4.79 Å². The minimum atomic E-state index is -0.0540. The van der Waals surface area contributed by atoms with Gasteiger partial charge in [0.2, 0.25) is 0 Å². The fraction of sp³-hybridized carbons (Fsp3) is 0.533. The number of carbonyl (C=O) groups excluding carboxylic acids is 1. The van der Waals surface area contributed by atoms with E-state index in [0.29, 0.717) is 31.0 Å². The summed E-state index contributed by atoms with van der Waals surface area (Å²) in [6.45, 7) is 7.91. The Hall–Kier alpha value is -1.55. The third-order valence-corrected chi connectivity index (χ3v) is 3.55. The van der Waals surface area contributed by atoms with Gasteiger partial charge in [-0.2, -0.15) is 0 Å². The van der Waals surface area contributed by atoms with Gasteiger partial charge in [0.1, 0.15) is 12.4 Å². The van der Waals surface area contributed by atoms with Crippen LogP contribution >= 0.6 is 0 Å². The summed E-state index contributed by atoms with van der Waals surface area (Å²) in [7, 11) is 0. The molecule has 0 aromatic heterocycles. The summed E-state index contributed by atoms with van der Waals surface area (Å²) in [6.07, 6.45) is 0. The van der Waals surface area contributed by atoms with E-state index in [0.717, 1.165) is 0 Å². The molecule has 1 aliphatic rings. The number of benzene rings is 1. The molecular weight excluding hydrogens is 240 g/mol. The van der Waals surface area contributed by atoms with Gasteiger partial charge in [-0.25, -0.2) is 0 Å². The number of hydrogen-bond acceptors (Lipinski definition) is 3. The summed E-state index contributed by atoms with van der Waals surface area (Å²) in [6, 6.07) is 7.32. The van der Waals surface area contributed by atoms with Gasteiger partial charge in [-0.3, -0.25) is 4.79 Å². The molecular formula is C15H22N2O2. The van der Waals surface area contributed by atoms with Crippen molar-refractivity contribution >= 4 is 5.91 Å². The van der Waals surface area contributed by atoms with Crippen molar-refractivity contribution in [1.29, 1.82) is 0 Å². The van der Waals surface area contributed by atoms with E-state index in [1.165, 1.54) is 0 Å². The molecule has 19 heavy (non-hydrogen) atoms. The first kappa shape index (κ1) is 13.9. The van der Waals surface area contributed by atoms with E-state index in [2.05, 4.69) is 20.8 Å². The van der Waals surface area contributed by atoms with Crippen LogP contribution < -0.4 is 10.5 Å². The molecule has 4 heteroatoms. The monoisotopic (exact) mass is 262 g/mol. The first-order chi connectivity index (χ1) is 8.89. The smallest absolute Gasteiger partial charge is 0.257 e. The van der Waals surface area contributed by atoms with E-state index in [1.807, 2.05) is 18.2 Å². The molecule has 4 nitrogen and oxygen atoms in total. The van der Waals surface area contributed by atoms with Crippen molar-refractivity contribution in [3.8, 4) is 5.75 Å². The van der Waals surface area contributed by atoms with Crippen molar-refractivity contribution in [2.75, 3.05) is 19.7 Å². The summed E-state index contributed by atoms with van der Waals surface area (Å²) < 4.78 is 5.61. The van der Waals surface area contributed by atoms with Gasteiger partial charge in [0.15, 0.2) is 0 Å². The van der Waals surface area contributed by atoms with E-state index < -0.39 is 0 Å². The summed E-state index contributed by atoms with van der Waals surface area (Å²) in [5.41, 5.74) is 6.79. The number of fused-ring (bicyclic) bond motifs is 1. The predicted molar refractivity (Wildman–Crippen MR) is 75.3 cm³/mol. The lowest BCUT2D eigenvalue weighted by molar-refractivity contribution is 0.0719. The van der Waals surface area contributed by atoms with Gasteiger partial charge < -0.3 is 15.4 Å². The average molecular weight is 262 g/mol. The van der Waals surface area contributed by atoms with Crippen LogP contribution in [0.2, 0.25) is 0 Å². The second-order valence-electron chi connectivity index (χ2n) is 6.07. The van der Waals surface area contributed by atoms with E-state index in [1.54, 1.807) is 11.0 Å². The molecule has 0 bridgehead atoms. The zero-order valence-electron chi connectivity index (χ0n) is 11.8. The van der Waals surface area contributed by atoms with E-state index >= 15 is 0 Å². The van der Waals surface area contributed by atoms with E-state index in [-0.39, 0.29) is 17.4 Å².